The van der Waals surface area contributed by atoms with Crippen LogP contribution in [0.2, 0.25) is 0 Å². The molecule has 16 heavy (non-hydrogen) atoms. The Morgan fingerprint density at radius 3 is 2.62 bits per heavy atom. The number of benzene rings is 1. The fraction of sp³-hybridized carbons (Fsp3) is 0.364. The highest BCUT2D eigenvalue weighted by molar-refractivity contribution is 5.75. The molecule has 0 fully saturated rings. The molecule has 2 rings (SSSR count). The lowest BCUT2D eigenvalue weighted by atomic mass is 10.1. The summed E-state index contributed by atoms with van der Waals surface area (Å²) in [5.74, 6) is -0.655. The molecule has 0 saturated heterocycles. The third-order valence-electron chi connectivity index (χ3n) is 2.30. The van der Waals surface area contributed by atoms with Crippen molar-refractivity contribution < 1.29 is 19.4 Å². The van der Waals surface area contributed by atoms with Gasteiger partial charge in [-0.3, -0.25) is 4.79 Å². The lowest BCUT2D eigenvalue weighted by molar-refractivity contribution is -0.138. The van der Waals surface area contributed by atoms with E-state index in [1.807, 2.05) is 0 Å². The molecule has 1 heterocycles. The number of ether oxygens (including phenoxy) is 2. The zero-order chi connectivity index (χ0) is 11.9. The van der Waals surface area contributed by atoms with Crippen LogP contribution < -0.4 is 15.2 Å². The van der Waals surface area contributed by atoms with Gasteiger partial charge in [0.15, 0.2) is 11.5 Å². The number of carboxylic acid groups (broad SMARTS) is 1. The van der Waals surface area contributed by atoms with E-state index < -0.39 is 17.8 Å². The van der Waals surface area contributed by atoms with Crippen LogP contribution in [-0.4, -0.2) is 16.9 Å². The average molecular weight is 223 g/mol. The summed E-state index contributed by atoms with van der Waals surface area (Å²) in [5, 5.41) is 8.79. The number of hydrogen-bond acceptors (Lipinski definition) is 4. The van der Waals surface area contributed by atoms with Gasteiger partial charge >= 0.3 is 5.97 Å². The number of aliphatic carboxylic acids is 1. The standard InChI is InChI=1S/C11H13NO4/c1-11(2)15-7-4-3-6(5-8(7)16-11)9(12)10(13)14/h3-5,9H,12H2,1-2H3,(H,13,14). The smallest absolute Gasteiger partial charge is 0.325 e. The van der Waals surface area contributed by atoms with Gasteiger partial charge in [0.1, 0.15) is 6.04 Å². The molecular formula is C11H13NO4. The Balaban J connectivity index is 2.32. The van der Waals surface area contributed by atoms with Crippen LogP contribution in [0.4, 0.5) is 0 Å². The minimum absolute atomic E-state index is 0.493. The van der Waals surface area contributed by atoms with Crippen LogP contribution in [0.25, 0.3) is 0 Å². The van der Waals surface area contributed by atoms with Gasteiger partial charge in [-0.25, -0.2) is 0 Å². The second-order valence-electron chi connectivity index (χ2n) is 4.13. The highest BCUT2D eigenvalue weighted by Gasteiger charge is 2.32. The minimum atomic E-state index is -1.07. The lowest BCUT2D eigenvalue weighted by Crippen LogP contribution is -2.29. The Morgan fingerprint density at radius 1 is 1.38 bits per heavy atom. The Kier molecular flexibility index (Phi) is 2.27. The fourth-order valence-corrected chi connectivity index (χ4v) is 1.58. The number of rotatable bonds is 2. The van der Waals surface area contributed by atoms with Crippen molar-refractivity contribution in [2.75, 3.05) is 0 Å². The zero-order valence-electron chi connectivity index (χ0n) is 9.06. The Labute approximate surface area is 92.8 Å². The van der Waals surface area contributed by atoms with Crippen LogP contribution in [-0.2, 0) is 4.79 Å². The van der Waals surface area contributed by atoms with Crippen LogP contribution in [0.5, 0.6) is 11.5 Å². The van der Waals surface area contributed by atoms with Crippen LogP contribution in [0.3, 0.4) is 0 Å². The number of carbonyl (C=O) groups is 1. The molecule has 0 amide bonds. The summed E-state index contributed by atoms with van der Waals surface area (Å²) < 4.78 is 11.0. The van der Waals surface area contributed by atoms with E-state index in [9.17, 15) is 4.79 Å². The van der Waals surface area contributed by atoms with Gasteiger partial charge in [0, 0.05) is 13.8 Å². The molecule has 1 aromatic carbocycles. The minimum Gasteiger partial charge on any atom is -0.480 e. The quantitative estimate of drug-likeness (QED) is 0.789. The molecule has 1 atom stereocenters. The summed E-state index contributed by atoms with van der Waals surface area (Å²) in [5.41, 5.74) is 6.00. The molecule has 5 nitrogen and oxygen atoms in total. The van der Waals surface area contributed by atoms with E-state index in [0.717, 1.165) is 0 Å². The molecule has 5 heteroatoms. The molecule has 3 N–H and O–H groups in total. The summed E-state index contributed by atoms with van der Waals surface area (Å²) in [6.45, 7) is 3.56. The Morgan fingerprint density at radius 2 is 2.00 bits per heavy atom. The van der Waals surface area contributed by atoms with Gasteiger partial charge in [-0.1, -0.05) is 6.07 Å². The molecule has 0 bridgehead atoms. The van der Waals surface area contributed by atoms with Crippen LogP contribution in [0, 0.1) is 0 Å². The van der Waals surface area contributed by atoms with E-state index in [0.29, 0.717) is 17.1 Å². The maximum Gasteiger partial charge on any atom is 0.325 e. The van der Waals surface area contributed by atoms with Gasteiger partial charge in [-0.05, 0) is 17.7 Å². The molecule has 0 aliphatic carbocycles. The highest BCUT2D eigenvalue weighted by atomic mass is 16.7. The Hall–Kier alpha value is -1.75. The third-order valence-corrected chi connectivity index (χ3v) is 2.30. The summed E-state index contributed by atoms with van der Waals surface area (Å²) in [4.78, 5) is 10.7. The number of carboxylic acids is 1. The number of hydrogen-bond donors (Lipinski definition) is 2. The maximum atomic E-state index is 10.7. The van der Waals surface area contributed by atoms with Gasteiger partial charge in [-0.15, -0.1) is 0 Å². The van der Waals surface area contributed by atoms with Gasteiger partial charge in [-0.2, -0.15) is 0 Å². The van der Waals surface area contributed by atoms with E-state index in [-0.39, 0.29) is 0 Å². The van der Waals surface area contributed by atoms with Gasteiger partial charge in [0.25, 0.3) is 0 Å². The normalized spacial score (nSPS) is 18.2. The summed E-state index contributed by atoms with van der Waals surface area (Å²) in [6.07, 6.45) is 0. The fourth-order valence-electron chi connectivity index (χ4n) is 1.58. The molecule has 1 aliphatic heterocycles. The number of nitrogens with two attached hydrogens (primary N) is 1. The van der Waals surface area contributed by atoms with E-state index in [2.05, 4.69) is 0 Å². The van der Waals surface area contributed by atoms with E-state index in [1.165, 1.54) is 0 Å². The second-order valence-corrected chi connectivity index (χ2v) is 4.13. The summed E-state index contributed by atoms with van der Waals surface area (Å²) >= 11 is 0. The molecule has 0 aromatic heterocycles. The SMILES string of the molecule is CC1(C)Oc2ccc(C(N)C(=O)O)cc2O1. The molecule has 1 aromatic rings. The number of fused-ring (bicyclic) bond motifs is 1. The zero-order valence-corrected chi connectivity index (χ0v) is 9.06. The van der Waals surface area contributed by atoms with E-state index in [4.69, 9.17) is 20.3 Å². The first kappa shape index (κ1) is 10.8. The van der Waals surface area contributed by atoms with Crippen molar-refractivity contribution in [1.82, 2.24) is 0 Å². The molecule has 0 radical (unpaired) electrons. The van der Waals surface area contributed by atoms with Gasteiger partial charge in [0.05, 0.1) is 0 Å². The van der Waals surface area contributed by atoms with Gasteiger partial charge in [0.2, 0.25) is 5.79 Å². The predicted octanol–water partition coefficient (Wildman–Crippen LogP) is 1.28. The third kappa shape index (κ3) is 1.81. The molecule has 0 spiro atoms. The molecular weight excluding hydrogens is 210 g/mol. The van der Waals surface area contributed by atoms with Crippen LogP contribution in [0.15, 0.2) is 18.2 Å². The van der Waals surface area contributed by atoms with Crippen molar-refractivity contribution >= 4 is 5.97 Å². The maximum absolute atomic E-state index is 10.7. The van der Waals surface area contributed by atoms with Crippen molar-refractivity contribution in [2.24, 2.45) is 5.73 Å². The first-order chi connectivity index (χ1) is 7.39. The van der Waals surface area contributed by atoms with Crippen LogP contribution in [0.1, 0.15) is 25.5 Å². The molecule has 0 saturated carbocycles. The summed E-state index contributed by atoms with van der Waals surface area (Å²) in [7, 11) is 0. The monoisotopic (exact) mass is 223 g/mol. The second kappa shape index (κ2) is 3.38. The van der Waals surface area contributed by atoms with Gasteiger partial charge < -0.3 is 20.3 Å². The van der Waals surface area contributed by atoms with E-state index in [1.54, 1.807) is 32.0 Å². The largest absolute Gasteiger partial charge is 0.480 e. The average Bonchev–Trinajstić information content (AvgIpc) is 2.48. The lowest BCUT2D eigenvalue weighted by Gasteiger charge is -2.16. The first-order valence-corrected chi connectivity index (χ1v) is 4.89. The molecule has 1 unspecified atom stereocenters. The topological polar surface area (TPSA) is 81.8 Å². The van der Waals surface area contributed by atoms with Crippen molar-refractivity contribution in [3.63, 3.8) is 0 Å². The van der Waals surface area contributed by atoms with Crippen molar-refractivity contribution in [3.8, 4) is 11.5 Å². The van der Waals surface area contributed by atoms with E-state index >= 15 is 0 Å². The first-order valence-electron chi connectivity index (χ1n) is 4.89. The van der Waals surface area contributed by atoms with Crippen LogP contribution >= 0.6 is 0 Å². The predicted molar refractivity (Wildman–Crippen MR) is 56.3 cm³/mol. The van der Waals surface area contributed by atoms with Crippen molar-refractivity contribution in [3.05, 3.63) is 23.8 Å². The highest BCUT2D eigenvalue weighted by Crippen LogP contribution is 2.40. The Bertz CT molecular complexity index is 442. The molecule has 1 aliphatic rings. The summed E-state index contributed by atoms with van der Waals surface area (Å²) in [6, 6.07) is 3.85. The van der Waals surface area contributed by atoms with Crippen molar-refractivity contribution in [1.29, 1.82) is 0 Å². The van der Waals surface area contributed by atoms with Crippen molar-refractivity contribution in [2.45, 2.75) is 25.7 Å². The molecule has 86 valence electrons.